The molecule has 2 unspecified atom stereocenters. The van der Waals surface area contributed by atoms with Crippen molar-refractivity contribution in [2.24, 2.45) is 0 Å². The van der Waals surface area contributed by atoms with E-state index in [2.05, 4.69) is 16.0 Å². The van der Waals surface area contributed by atoms with Crippen molar-refractivity contribution in [2.75, 3.05) is 19.7 Å². The summed E-state index contributed by atoms with van der Waals surface area (Å²) >= 11 is 0. The van der Waals surface area contributed by atoms with Gasteiger partial charge in [-0.3, -0.25) is 14.4 Å². The first-order valence-electron chi connectivity index (χ1n) is 13.1. The summed E-state index contributed by atoms with van der Waals surface area (Å²) in [6.07, 6.45) is 3.98. The maximum Gasteiger partial charge on any atom is 0.408 e. The van der Waals surface area contributed by atoms with Gasteiger partial charge in [0, 0.05) is 6.54 Å². The van der Waals surface area contributed by atoms with Crippen LogP contribution in [0.1, 0.15) is 59.4 Å². The molecular weight excluding hydrogens is 504 g/mol. The van der Waals surface area contributed by atoms with E-state index in [-0.39, 0.29) is 32.5 Å². The highest BCUT2D eigenvalue weighted by Crippen LogP contribution is 2.26. The molecule has 0 radical (unpaired) electrons. The molecule has 3 N–H and O–H groups in total. The summed E-state index contributed by atoms with van der Waals surface area (Å²) in [5.41, 5.74) is -1.27. The molecule has 1 heterocycles. The molecule has 2 rings (SSSR count). The molecule has 1 aromatic carbocycles. The zero-order chi connectivity index (χ0) is 29.1. The smallest absolute Gasteiger partial charge is 0.408 e. The number of carbonyl (C=O) groups excluding carboxylic acids is 5. The lowest BCUT2D eigenvalue weighted by molar-refractivity contribution is -0.152. The number of hydrogen-bond acceptors (Lipinski definition) is 7. The fourth-order valence-corrected chi connectivity index (χ4v) is 3.96. The quantitative estimate of drug-likeness (QED) is 0.319. The number of allylic oxidation sites excluding steroid dienone is 1. The molecule has 214 valence electrons. The van der Waals surface area contributed by atoms with E-state index in [1.165, 1.54) is 4.90 Å². The summed E-state index contributed by atoms with van der Waals surface area (Å²) in [5.74, 6) is -2.14. The predicted octanol–water partition coefficient (Wildman–Crippen LogP) is 2.20. The average Bonchev–Trinajstić information content (AvgIpc) is 2.94. The van der Waals surface area contributed by atoms with Crippen molar-refractivity contribution in [1.82, 2.24) is 20.9 Å². The first-order chi connectivity index (χ1) is 18.4. The molecule has 11 nitrogen and oxygen atoms in total. The SMILES string of the molecule is CCOC(=O)C1C/C=C\CCC(C)(N(Cc2ccccc2)C(=O)CNC(=O)CNC(=O)OC(C)(C)C)C(=O)N1. The first kappa shape index (κ1) is 31.3. The third kappa shape index (κ3) is 10.1. The topological polar surface area (TPSA) is 143 Å². The van der Waals surface area contributed by atoms with E-state index in [0.29, 0.717) is 6.42 Å². The third-order valence-electron chi connectivity index (χ3n) is 6.01. The highest BCUT2D eigenvalue weighted by atomic mass is 16.6. The van der Waals surface area contributed by atoms with Crippen LogP contribution < -0.4 is 16.0 Å². The molecule has 0 saturated carbocycles. The number of nitrogens with one attached hydrogen (secondary N) is 3. The molecule has 11 heteroatoms. The van der Waals surface area contributed by atoms with Crippen molar-refractivity contribution in [3.63, 3.8) is 0 Å². The van der Waals surface area contributed by atoms with E-state index >= 15 is 0 Å². The molecule has 2 atom stereocenters. The molecule has 39 heavy (non-hydrogen) atoms. The van der Waals surface area contributed by atoms with E-state index in [1.807, 2.05) is 42.5 Å². The molecule has 0 saturated heterocycles. The summed E-state index contributed by atoms with van der Waals surface area (Å²) in [7, 11) is 0. The number of nitrogens with zero attached hydrogens (tertiary/aromatic N) is 1. The van der Waals surface area contributed by atoms with Crippen molar-refractivity contribution in [1.29, 1.82) is 0 Å². The van der Waals surface area contributed by atoms with Gasteiger partial charge in [-0.15, -0.1) is 0 Å². The van der Waals surface area contributed by atoms with E-state index in [4.69, 9.17) is 9.47 Å². The molecule has 0 spiro atoms. The van der Waals surface area contributed by atoms with Gasteiger partial charge in [0.2, 0.25) is 17.7 Å². The van der Waals surface area contributed by atoms with E-state index in [0.717, 1.165) is 5.56 Å². The van der Waals surface area contributed by atoms with Crippen LogP contribution in [0.3, 0.4) is 0 Å². The van der Waals surface area contributed by atoms with E-state index < -0.39 is 53.5 Å². The minimum Gasteiger partial charge on any atom is -0.464 e. The predicted molar refractivity (Wildman–Crippen MR) is 144 cm³/mol. The Morgan fingerprint density at radius 1 is 1.08 bits per heavy atom. The van der Waals surface area contributed by atoms with Gasteiger partial charge in [-0.1, -0.05) is 42.5 Å². The number of benzene rings is 1. The normalized spacial score (nSPS) is 20.2. The summed E-state index contributed by atoms with van der Waals surface area (Å²) in [5, 5.41) is 7.61. The van der Waals surface area contributed by atoms with Crippen molar-refractivity contribution >= 4 is 29.8 Å². The summed E-state index contributed by atoms with van der Waals surface area (Å²) in [6.45, 7) is 7.93. The Balaban J connectivity index is 2.21. The lowest BCUT2D eigenvalue weighted by Gasteiger charge is -2.40. The zero-order valence-corrected chi connectivity index (χ0v) is 23.4. The molecule has 0 aliphatic carbocycles. The highest BCUT2D eigenvalue weighted by molar-refractivity contribution is 5.95. The van der Waals surface area contributed by atoms with Crippen molar-refractivity contribution < 1.29 is 33.4 Å². The van der Waals surface area contributed by atoms with Crippen LogP contribution in [0.15, 0.2) is 42.5 Å². The minimum atomic E-state index is -1.34. The number of ether oxygens (including phenoxy) is 2. The Morgan fingerprint density at radius 2 is 1.77 bits per heavy atom. The molecule has 0 bridgehead atoms. The number of hydrogen-bond donors (Lipinski definition) is 3. The van der Waals surface area contributed by atoms with E-state index in [1.54, 1.807) is 34.6 Å². The van der Waals surface area contributed by atoms with Crippen molar-refractivity contribution in [2.45, 2.75) is 77.6 Å². The third-order valence-corrected chi connectivity index (χ3v) is 6.01. The molecule has 4 amide bonds. The van der Waals surface area contributed by atoms with Gasteiger partial charge in [-0.2, -0.15) is 0 Å². The maximum atomic E-state index is 13.6. The van der Waals surface area contributed by atoms with E-state index in [9.17, 15) is 24.0 Å². The first-order valence-corrected chi connectivity index (χ1v) is 13.1. The monoisotopic (exact) mass is 544 g/mol. The molecule has 1 aromatic rings. The molecule has 0 fully saturated rings. The van der Waals surface area contributed by atoms with Crippen LogP contribution in [0.2, 0.25) is 0 Å². The lowest BCUT2D eigenvalue weighted by Crippen LogP contribution is -2.62. The Labute approximate surface area is 229 Å². The molecule has 0 aromatic heterocycles. The molecule has 1 aliphatic heterocycles. The number of carbonyl (C=O) groups is 5. The van der Waals surface area contributed by atoms with Gasteiger partial charge in [0.1, 0.15) is 23.7 Å². The van der Waals surface area contributed by atoms with Crippen LogP contribution in [-0.2, 0) is 35.2 Å². The maximum absolute atomic E-state index is 13.6. The standard InChI is InChI=1S/C28H40N4O7/c1-6-38-24(35)21-15-11-8-12-16-28(5,25(36)31-21)32(19-20-13-9-7-10-14-20)23(34)18-29-22(33)17-30-26(37)39-27(2,3)4/h7-11,13-14,21H,6,12,15-19H2,1-5H3,(H,29,33)(H,30,37)(H,31,36)/b11-8-. The van der Waals surface area contributed by atoms with Gasteiger partial charge in [0.25, 0.3) is 0 Å². The van der Waals surface area contributed by atoms with Crippen LogP contribution >= 0.6 is 0 Å². The van der Waals surface area contributed by atoms with Gasteiger partial charge in [-0.05, 0) is 59.4 Å². The van der Waals surface area contributed by atoms with Crippen molar-refractivity contribution in [3.8, 4) is 0 Å². The second-order valence-corrected chi connectivity index (χ2v) is 10.4. The van der Waals surface area contributed by atoms with Crippen molar-refractivity contribution in [3.05, 3.63) is 48.0 Å². The highest BCUT2D eigenvalue weighted by Gasteiger charge is 2.43. The minimum absolute atomic E-state index is 0.101. The second kappa shape index (κ2) is 14.3. The lowest BCUT2D eigenvalue weighted by atomic mass is 9.91. The van der Waals surface area contributed by atoms with Crippen LogP contribution in [0.4, 0.5) is 4.79 Å². The average molecular weight is 545 g/mol. The van der Waals surface area contributed by atoms with Crippen LogP contribution in [-0.4, -0.2) is 71.6 Å². The Bertz CT molecular complexity index is 1050. The largest absolute Gasteiger partial charge is 0.464 e. The van der Waals surface area contributed by atoms with Gasteiger partial charge in [0.15, 0.2) is 0 Å². The number of esters is 1. The molecule has 1 aliphatic rings. The fourth-order valence-electron chi connectivity index (χ4n) is 3.96. The number of rotatable bonds is 9. The van der Waals surface area contributed by atoms with Crippen LogP contribution in [0.5, 0.6) is 0 Å². The van der Waals surface area contributed by atoms with Crippen LogP contribution in [0, 0.1) is 0 Å². The van der Waals surface area contributed by atoms with Gasteiger partial charge in [0.05, 0.1) is 13.2 Å². The number of alkyl carbamates (subject to hydrolysis) is 1. The fraction of sp³-hybridized carbons (Fsp3) is 0.536. The summed E-state index contributed by atoms with van der Waals surface area (Å²) in [4.78, 5) is 65.2. The Hall–Kier alpha value is -3.89. The Kier molecular flexibility index (Phi) is 11.5. The Morgan fingerprint density at radius 3 is 2.41 bits per heavy atom. The van der Waals surface area contributed by atoms with Crippen LogP contribution in [0.25, 0.3) is 0 Å². The van der Waals surface area contributed by atoms with Gasteiger partial charge >= 0.3 is 12.1 Å². The zero-order valence-electron chi connectivity index (χ0n) is 23.4. The number of amides is 4. The van der Waals surface area contributed by atoms with Gasteiger partial charge in [-0.25, -0.2) is 9.59 Å². The summed E-state index contributed by atoms with van der Waals surface area (Å²) in [6, 6.07) is 8.28. The van der Waals surface area contributed by atoms with Gasteiger partial charge < -0.3 is 30.3 Å². The molecular formula is C28H40N4O7. The summed E-state index contributed by atoms with van der Waals surface area (Å²) < 4.78 is 10.2. The second-order valence-electron chi connectivity index (χ2n) is 10.4.